The number of rotatable bonds is 4. The van der Waals surface area contributed by atoms with Gasteiger partial charge in [0.15, 0.2) is 0 Å². The van der Waals surface area contributed by atoms with Gasteiger partial charge in [0, 0.05) is 36.8 Å². The highest BCUT2D eigenvalue weighted by Gasteiger charge is 2.19. The minimum absolute atomic E-state index is 0.305. The maximum atomic E-state index is 13.3. The molecule has 0 bridgehead atoms. The van der Waals surface area contributed by atoms with Crippen LogP contribution in [0.25, 0.3) is 11.0 Å². The zero-order valence-corrected chi connectivity index (χ0v) is 12.0. The molecule has 21 heavy (non-hydrogen) atoms. The molecule has 2 aromatic heterocycles. The number of nitrogens with zero attached hydrogens (tertiary/aromatic N) is 2. The number of aromatic nitrogens is 2. The van der Waals surface area contributed by atoms with Crippen molar-refractivity contribution >= 4 is 11.0 Å². The van der Waals surface area contributed by atoms with Gasteiger partial charge in [0.05, 0.1) is 0 Å². The Morgan fingerprint density at radius 1 is 1.43 bits per heavy atom. The van der Waals surface area contributed by atoms with E-state index in [1.165, 1.54) is 12.1 Å². The number of hydrogen-bond acceptors (Lipinski definition) is 3. The third-order valence-corrected chi connectivity index (χ3v) is 3.80. The van der Waals surface area contributed by atoms with E-state index >= 15 is 0 Å². The Kier molecular flexibility index (Phi) is 3.51. The van der Waals surface area contributed by atoms with Crippen LogP contribution in [0.3, 0.4) is 0 Å². The molecule has 0 aliphatic rings. The molecule has 3 aromatic rings. The monoisotopic (exact) mass is 288 g/mol. The zero-order valence-electron chi connectivity index (χ0n) is 12.0. The summed E-state index contributed by atoms with van der Waals surface area (Å²) in [5.74, 6) is 1.11. The highest BCUT2D eigenvalue weighted by atomic mass is 19.1. The zero-order chi connectivity index (χ0) is 15.0. The fourth-order valence-electron chi connectivity index (χ4n) is 2.56. The first-order valence-corrected chi connectivity index (χ1v) is 6.89. The van der Waals surface area contributed by atoms with Crippen molar-refractivity contribution in [1.29, 1.82) is 0 Å². The van der Waals surface area contributed by atoms with Crippen molar-refractivity contribution in [2.24, 2.45) is 7.05 Å². The fraction of sp³-hybridized carbons (Fsp3) is 0.312. The average molecular weight is 288 g/mol. The minimum Gasteiger partial charge on any atom is -0.458 e. The first-order chi connectivity index (χ1) is 10.1. The van der Waals surface area contributed by atoms with E-state index < -0.39 is 6.10 Å². The molecule has 110 valence electrons. The summed E-state index contributed by atoms with van der Waals surface area (Å²) in [7, 11) is 1.92. The molecule has 0 amide bonds. The number of fused-ring (bicyclic) bond motifs is 1. The van der Waals surface area contributed by atoms with Crippen molar-refractivity contribution in [3.63, 3.8) is 0 Å². The molecular formula is C16H17FN2O2. The van der Waals surface area contributed by atoms with Crippen molar-refractivity contribution in [3.05, 3.63) is 53.6 Å². The average Bonchev–Trinajstić information content (AvgIpc) is 3.01. The second-order valence-corrected chi connectivity index (χ2v) is 5.24. The van der Waals surface area contributed by atoms with Gasteiger partial charge < -0.3 is 14.1 Å². The second kappa shape index (κ2) is 5.33. The standard InChI is InChI=1S/C16H17FN2O2/c1-10-12-9-11(17)3-5-14(12)21-16(10)13(20)4-6-15-18-7-8-19(15)2/h3,5,7-9,13,20H,4,6H2,1-2H3. The van der Waals surface area contributed by atoms with Gasteiger partial charge in [-0.2, -0.15) is 0 Å². The lowest BCUT2D eigenvalue weighted by atomic mass is 10.1. The normalized spacial score (nSPS) is 13.0. The summed E-state index contributed by atoms with van der Waals surface area (Å²) in [5, 5.41) is 11.0. The molecule has 3 rings (SSSR count). The second-order valence-electron chi connectivity index (χ2n) is 5.24. The molecule has 1 atom stereocenters. The van der Waals surface area contributed by atoms with Crippen LogP contribution in [0.15, 0.2) is 35.0 Å². The van der Waals surface area contributed by atoms with Crippen LogP contribution >= 0.6 is 0 Å². The number of benzene rings is 1. The predicted octanol–water partition coefficient (Wildman–Crippen LogP) is 3.28. The Balaban J connectivity index is 1.83. The molecular weight excluding hydrogens is 271 g/mol. The van der Waals surface area contributed by atoms with Crippen LogP contribution in [-0.4, -0.2) is 14.7 Å². The molecule has 0 saturated carbocycles. The van der Waals surface area contributed by atoms with E-state index in [1.54, 1.807) is 12.3 Å². The molecule has 0 aliphatic heterocycles. The Bertz CT molecular complexity index is 776. The summed E-state index contributed by atoms with van der Waals surface area (Å²) in [6.07, 6.45) is 4.04. The predicted molar refractivity (Wildman–Crippen MR) is 77.4 cm³/mol. The summed E-state index contributed by atoms with van der Waals surface area (Å²) in [6.45, 7) is 1.84. The minimum atomic E-state index is -0.725. The van der Waals surface area contributed by atoms with Crippen LogP contribution in [0.4, 0.5) is 4.39 Å². The molecule has 0 spiro atoms. The Labute approximate surface area is 121 Å². The number of imidazole rings is 1. The van der Waals surface area contributed by atoms with Gasteiger partial charge in [-0.1, -0.05) is 0 Å². The van der Waals surface area contributed by atoms with E-state index in [4.69, 9.17) is 4.42 Å². The molecule has 1 aromatic carbocycles. The fourth-order valence-corrected chi connectivity index (χ4v) is 2.56. The molecule has 0 aliphatic carbocycles. The first-order valence-electron chi connectivity index (χ1n) is 6.89. The van der Waals surface area contributed by atoms with Crippen molar-refractivity contribution in [1.82, 2.24) is 9.55 Å². The van der Waals surface area contributed by atoms with Crippen molar-refractivity contribution in [3.8, 4) is 0 Å². The number of furan rings is 1. The van der Waals surface area contributed by atoms with Gasteiger partial charge in [-0.25, -0.2) is 9.37 Å². The maximum Gasteiger partial charge on any atom is 0.136 e. The van der Waals surface area contributed by atoms with E-state index in [9.17, 15) is 9.50 Å². The quantitative estimate of drug-likeness (QED) is 0.801. The van der Waals surface area contributed by atoms with E-state index in [1.807, 2.05) is 24.7 Å². The third kappa shape index (κ3) is 2.56. The summed E-state index contributed by atoms with van der Waals surface area (Å²) in [6, 6.07) is 4.38. The maximum absolute atomic E-state index is 13.3. The summed E-state index contributed by atoms with van der Waals surface area (Å²) in [4.78, 5) is 4.23. The topological polar surface area (TPSA) is 51.2 Å². The van der Waals surface area contributed by atoms with E-state index in [2.05, 4.69) is 4.98 Å². The van der Waals surface area contributed by atoms with Gasteiger partial charge in [-0.05, 0) is 31.5 Å². The van der Waals surface area contributed by atoms with Crippen LogP contribution in [0, 0.1) is 12.7 Å². The molecule has 2 heterocycles. The molecule has 4 nitrogen and oxygen atoms in total. The third-order valence-electron chi connectivity index (χ3n) is 3.80. The highest BCUT2D eigenvalue weighted by Crippen LogP contribution is 2.31. The van der Waals surface area contributed by atoms with Gasteiger partial charge in [0.2, 0.25) is 0 Å². The smallest absolute Gasteiger partial charge is 0.136 e. The molecule has 5 heteroatoms. The van der Waals surface area contributed by atoms with Crippen molar-refractivity contribution < 1.29 is 13.9 Å². The molecule has 0 saturated heterocycles. The van der Waals surface area contributed by atoms with Crippen molar-refractivity contribution in [2.45, 2.75) is 25.9 Å². The number of hydrogen-bond donors (Lipinski definition) is 1. The van der Waals surface area contributed by atoms with Crippen LogP contribution < -0.4 is 0 Å². The van der Waals surface area contributed by atoms with Crippen LogP contribution in [0.1, 0.15) is 29.7 Å². The van der Waals surface area contributed by atoms with Gasteiger partial charge in [0.1, 0.15) is 29.1 Å². The largest absolute Gasteiger partial charge is 0.458 e. The first kappa shape index (κ1) is 13.8. The van der Waals surface area contributed by atoms with E-state index in [0.717, 1.165) is 11.4 Å². The Morgan fingerprint density at radius 3 is 2.95 bits per heavy atom. The van der Waals surface area contributed by atoms with Gasteiger partial charge in [-0.15, -0.1) is 0 Å². The molecule has 1 unspecified atom stereocenters. The van der Waals surface area contributed by atoms with Gasteiger partial charge in [-0.3, -0.25) is 0 Å². The summed E-state index contributed by atoms with van der Waals surface area (Å²) < 4.78 is 20.9. The van der Waals surface area contributed by atoms with Crippen molar-refractivity contribution in [2.75, 3.05) is 0 Å². The molecule has 0 fully saturated rings. The van der Waals surface area contributed by atoms with Crippen LogP contribution in [-0.2, 0) is 13.5 Å². The summed E-state index contributed by atoms with van der Waals surface area (Å²) in [5.41, 5.74) is 1.39. The number of aliphatic hydroxyl groups is 1. The lowest BCUT2D eigenvalue weighted by molar-refractivity contribution is 0.141. The van der Waals surface area contributed by atoms with Crippen LogP contribution in [0.2, 0.25) is 0 Å². The molecule has 0 radical (unpaired) electrons. The number of aryl methyl sites for hydroxylation is 3. The van der Waals surface area contributed by atoms with Gasteiger partial charge >= 0.3 is 0 Å². The number of halogens is 1. The Hall–Kier alpha value is -2.14. The SMILES string of the molecule is Cc1c(C(O)CCc2nccn2C)oc2ccc(F)cc12. The van der Waals surface area contributed by atoms with Crippen LogP contribution in [0.5, 0.6) is 0 Å². The number of aliphatic hydroxyl groups excluding tert-OH is 1. The van der Waals surface area contributed by atoms with Gasteiger partial charge in [0.25, 0.3) is 0 Å². The lowest BCUT2D eigenvalue weighted by Gasteiger charge is -2.08. The lowest BCUT2D eigenvalue weighted by Crippen LogP contribution is -2.03. The van der Waals surface area contributed by atoms with E-state index in [-0.39, 0.29) is 5.82 Å². The molecule has 1 N–H and O–H groups in total. The van der Waals surface area contributed by atoms with E-state index in [0.29, 0.717) is 29.6 Å². The highest BCUT2D eigenvalue weighted by molar-refractivity contribution is 5.82. The Morgan fingerprint density at radius 2 is 2.24 bits per heavy atom. The summed E-state index contributed by atoms with van der Waals surface area (Å²) >= 11 is 0.